The average Bonchev–Trinajstić information content (AvgIpc) is 3.11. The third kappa shape index (κ3) is 6.14. The number of rotatable bonds is 11. The molecule has 1 atom stereocenters. The number of imide groups is 1. The molecule has 7 nitrogen and oxygen atoms in total. The zero-order valence-electron chi connectivity index (χ0n) is 20.1. The fourth-order valence-electron chi connectivity index (χ4n) is 3.59. The second kappa shape index (κ2) is 11.8. The standard InChI is InChI=1S/C27H29NO6S/c1-5-8-21-13-19(15-23-25(29)28(17(4)6-2)27(32)35-23)14-22(33-7-3)24(21)34-16-18-9-11-20(12-10-18)26(30)31/h5,9-15,17H,1,6-8,16H2,2-4H3,(H,30,31)/b23-15+/t17-/m1/s1. The lowest BCUT2D eigenvalue weighted by atomic mass is 10.0. The van der Waals surface area contributed by atoms with E-state index in [0.717, 1.165) is 28.5 Å². The molecule has 0 bridgehead atoms. The normalized spacial score (nSPS) is 15.4. The molecule has 0 radical (unpaired) electrons. The average molecular weight is 496 g/mol. The van der Waals surface area contributed by atoms with E-state index >= 15 is 0 Å². The van der Waals surface area contributed by atoms with Gasteiger partial charge < -0.3 is 14.6 Å². The van der Waals surface area contributed by atoms with Gasteiger partial charge in [0.2, 0.25) is 0 Å². The van der Waals surface area contributed by atoms with E-state index < -0.39 is 5.97 Å². The van der Waals surface area contributed by atoms with Gasteiger partial charge in [-0.1, -0.05) is 25.1 Å². The molecular formula is C27H29NO6S. The van der Waals surface area contributed by atoms with Crippen LogP contribution in [-0.2, 0) is 17.8 Å². The van der Waals surface area contributed by atoms with Crippen LogP contribution in [0.15, 0.2) is 54.0 Å². The highest BCUT2D eigenvalue weighted by atomic mass is 32.2. The number of carbonyl (C=O) groups is 3. The van der Waals surface area contributed by atoms with Crippen molar-refractivity contribution < 1.29 is 29.0 Å². The van der Waals surface area contributed by atoms with Crippen molar-refractivity contribution in [1.29, 1.82) is 0 Å². The number of carboxylic acids is 1. The number of ether oxygens (including phenoxy) is 2. The predicted octanol–water partition coefficient (Wildman–Crippen LogP) is 5.93. The molecule has 1 aliphatic heterocycles. The maximum absolute atomic E-state index is 12.8. The Morgan fingerprint density at radius 3 is 2.49 bits per heavy atom. The number of nitrogens with zero attached hydrogens (tertiary/aromatic N) is 1. The fourth-order valence-corrected chi connectivity index (χ4v) is 4.52. The van der Waals surface area contributed by atoms with E-state index in [9.17, 15) is 14.4 Å². The quantitative estimate of drug-likeness (QED) is 0.305. The summed E-state index contributed by atoms with van der Waals surface area (Å²) in [5.74, 6) is -0.204. The lowest BCUT2D eigenvalue weighted by molar-refractivity contribution is -0.124. The summed E-state index contributed by atoms with van der Waals surface area (Å²) in [5, 5.41) is 8.82. The number of hydrogen-bond acceptors (Lipinski definition) is 6. The van der Waals surface area contributed by atoms with E-state index in [1.54, 1.807) is 30.4 Å². The molecule has 8 heteroatoms. The Balaban J connectivity index is 1.92. The predicted molar refractivity (Wildman–Crippen MR) is 137 cm³/mol. The van der Waals surface area contributed by atoms with Crippen LogP contribution in [-0.4, -0.2) is 39.8 Å². The third-order valence-electron chi connectivity index (χ3n) is 5.56. The monoisotopic (exact) mass is 495 g/mol. The summed E-state index contributed by atoms with van der Waals surface area (Å²) < 4.78 is 12.0. The highest BCUT2D eigenvalue weighted by molar-refractivity contribution is 8.18. The smallest absolute Gasteiger partial charge is 0.335 e. The minimum absolute atomic E-state index is 0.163. The van der Waals surface area contributed by atoms with Crippen LogP contribution in [0.5, 0.6) is 11.5 Å². The Hall–Kier alpha value is -3.52. The molecule has 1 fully saturated rings. The molecule has 1 N–H and O–H groups in total. The summed E-state index contributed by atoms with van der Waals surface area (Å²) in [6, 6.07) is 10.00. The van der Waals surface area contributed by atoms with Crippen molar-refractivity contribution >= 4 is 35.0 Å². The third-order valence-corrected chi connectivity index (χ3v) is 6.44. The number of hydrogen-bond donors (Lipinski definition) is 1. The first kappa shape index (κ1) is 26.1. The molecule has 1 heterocycles. The van der Waals surface area contributed by atoms with Crippen LogP contribution >= 0.6 is 11.8 Å². The number of aromatic carboxylic acids is 1. The van der Waals surface area contributed by atoms with Crippen LogP contribution in [0.25, 0.3) is 6.08 Å². The molecule has 2 aromatic rings. The van der Waals surface area contributed by atoms with E-state index in [4.69, 9.17) is 14.6 Å². The lowest BCUT2D eigenvalue weighted by Gasteiger charge is -2.19. The Morgan fingerprint density at radius 1 is 1.17 bits per heavy atom. The van der Waals surface area contributed by atoms with Crippen molar-refractivity contribution in [2.45, 2.75) is 46.3 Å². The molecule has 35 heavy (non-hydrogen) atoms. The van der Waals surface area contributed by atoms with Crippen molar-refractivity contribution in [2.24, 2.45) is 0 Å². The van der Waals surface area contributed by atoms with Gasteiger partial charge in [-0.05, 0) is 79.9 Å². The van der Waals surface area contributed by atoms with Crippen LogP contribution in [0.3, 0.4) is 0 Å². The van der Waals surface area contributed by atoms with Gasteiger partial charge in [0.05, 0.1) is 17.1 Å². The van der Waals surface area contributed by atoms with Crippen molar-refractivity contribution in [3.05, 3.63) is 76.2 Å². The van der Waals surface area contributed by atoms with Crippen molar-refractivity contribution in [3.8, 4) is 11.5 Å². The van der Waals surface area contributed by atoms with Crippen LogP contribution in [0.4, 0.5) is 4.79 Å². The van der Waals surface area contributed by atoms with Crippen LogP contribution in [0, 0.1) is 0 Å². The minimum atomic E-state index is -0.984. The number of thioether (sulfide) groups is 1. The van der Waals surface area contributed by atoms with Gasteiger partial charge in [0.15, 0.2) is 11.5 Å². The SMILES string of the molecule is C=CCc1cc(/C=C2/SC(=O)N([C@H](C)CC)C2=O)cc(OCC)c1OCc1ccc(C(=O)O)cc1. The summed E-state index contributed by atoms with van der Waals surface area (Å²) in [6.07, 6.45) is 4.65. The van der Waals surface area contributed by atoms with E-state index in [0.29, 0.717) is 35.9 Å². The zero-order valence-corrected chi connectivity index (χ0v) is 20.9. The number of allylic oxidation sites excluding steroid dienone is 1. The lowest BCUT2D eigenvalue weighted by Crippen LogP contribution is -2.36. The molecule has 0 spiro atoms. The fraction of sp³-hybridized carbons (Fsp3) is 0.296. The molecule has 2 amide bonds. The van der Waals surface area contributed by atoms with Crippen molar-refractivity contribution in [1.82, 2.24) is 4.90 Å². The van der Waals surface area contributed by atoms with Gasteiger partial charge in [-0.25, -0.2) is 4.79 Å². The molecule has 184 valence electrons. The molecule has 1 saturated heterocycles. The number of carbonyl (C=O) groups excluding carboxylic acids is 2. The minimum Gasteiger partial charge on any atom is -0.490 e. The molecule has 0 aliphatic carbocycles. The van der Waals surface area contributed by atoms with E-state index in [1.165, 1.54) is 17.0 Å². The first-order chi connectivity index (χ1) is 16.8. The molecule has 0 unspecified atom stereocenters. The summed E-state index contributed by atoms with van der Waals surface area (Å²) in [5.41, 5.74) is 2.56. The van der Waals surface area contributed by atoms with Gasteiger partial charge >= 0.3 is 5.97 Å². The van der Waals surface area contributed by atoms with Gasteiger partial charge in [0.25, 0.3) is 11.1 Å². The first-order valence-corrected chi connectivity index (χ1v) is 12.2. The Labute approximate surface area is 209 Å². The summed E-state index contributed by atoms with van der Waals surface area (Å²) in [4.78, 5) is 38.0. The summed E-state index contributed by atoms with van der Waals surface area (Å²) in [6.45, 7) is 10.1. The highest BCUT2D eigenvalue weighted by Crippen LogP contribution is 2.38. The van der Waals surface area contributed by atoms with Crippen LogP contribution < -0.4 is 9.47 Å². The molecule has 0 saturated carbocycles. The Morgan fingerprint density at radius 2 is 1.89 bits per heavy atom. The zero-order chi connectivity index (χ0) is 25.5. The van der Waals surface area contributed by atoms with Gasteiger partial charge in [0.1, 0.15) is 6.61 Å². The van der Waals surface area contributed by atoms with Gasteiger partial charge in [-0.3, -0.25) is 14.5 Å². The molecule has 2 aromatic carbocycles. The van der Waals surface area contributed by atoms with E-state index in [1.807, 2.05) is 26.8 Å². The van der Waals surface area contributed by atoms with Gasteiger partial charge in [-0.2, -0.15) is 0 Å². The molecule has 1 aliphatic rings. The van der Waals surface area contributed by atoms with Crippen molar-refractivity contribution in [3.63, 3.8) is 0 Å². The molecule has 0 aromatic heterocycles. The van der Waals surface area contributed by atoms with E-state index in [2.05, 4.69) is 6.58 Å². The number of benzene rings is 2. The summed E-state index contributed by atoms with van der Waals surface area (Å²) >= 11 is 0.938. The largest absolute Gasteiger partial charge is 0.490 e. The van der Waals surface area contributed by atoms with Crippen LogP contribution in [0.1, 0.15) is 54.2 Å². The maximum atomic E-state index is 12.8. The highest BCUT2D eigenvalue weighted by Gasteiger charge is 2.37. The van der Waals surface area contributed by atoms with Crippen LogP contribution in [0.2, 0.25) is 0 Å². The molecule has 3 rings (SSSR count). The molecular weight excluding hydrogens is 466 g/mol. The van der Waals surface area contributed by atoms with Gasteiger partial charge in [0, 0.05) is 11.6 Å². The number of amides is 2. The first-order valence-electron chi connectivity index (χ1n) is 11.4. The Kier molecular flexibility index (Phi) is 8.76. The second-order valence-corrected chi connectivity index (χ2v) is 9.03. The number of carboxylic acid groups (broad SMARTS) is 1. The Bertz CT molecular complexity index is 1160. The maximum Gasteiger partial charge on any atom is 0.335 e. The van der Waals surface area contributed by atoms with E-state index in [-0.39, 0.29) is 29.4 Å². The second-order valence-electron chi connectivity index (χ2n) is 8.03. The van der Waals surface area contributed by atoms with Gasteiger partial charge in [-0.15, -0.1) is 6.58 Å². The summed E-state index contributed by atoms with van der Waals surface area (Å²) in [7, 11) is 0. The topological polar surface area (TPSA) is 93.1 Å². The van der Waals surface area contributed by atoms with Crippen molar-refractivity contribution in [2.75, 3.05) is 6.61 Å².